The first-order chi connectivity index (χ1) is 10.1. The summed E-state index contributed by atoms with van der Waals surface area (Å²) in [6.07, 6.45) is 4.81. The van der Waals surface area contributed by atoms with Gasteiger partial charge in [0, 0.05) is 6.54 Å². The van der Waals surface area contributed by atoms with Crippen LogP contribution in [0.5, 0.6) is 0 Å². The number of hydrogen-bond donors (Lipinski definition) is 2. The van der Waals surface area contributed by atoms with Crippen LogP contribution in [0.4, 0.5) is 6.01 Å². The maximum Gasteiger partial charge on any atom is 0.360 e. The lowest BCUT2D eigenvalue weighted by Crippen LogP contribution is -2.31. The Balaban J connectivity index is 1.90. The van der Waals surface area contributed by atoms with Crippen LogP contribution in [0.1, 0.15) is 43.1 Å². The van der Waals surface area contributed by atoms with Gasteiger partial charge in [0.1, 0.15) is 6.26 Å². The summed E-state index contributed by atoms with van der Waals surface area (Å²) in [7, 11) is 0. The maximum absolute atomic E-state index is 11.5. The zero-order valence-electron chi connectivity index (χ0n) is 12.0. The topological polar surface area (TPSA) is 102 Å². The van der Waals surface area contributed by atoms with Crippen LogP contribution in [0.15, 0.2) is 10.7 Å². The Bertz CT molecular complexity index is 499. The van der Waals surface area contributed by atoms with Crippen molar-refractivity contribution in [3.63, 3.8) is 0 Å². The highest BCUT2D eigenvalue weighted by molar-refractivity contribution is 5.87. The zero-order valence-corrected chi connectivity index (χ0v) is 12.0. The average molecular weight is 296 g/mol. The van der Waals surface area contributed by atoms with Crippen LogP contribution in [-0.2, 0) is 9.53 Å². The van der Waals surface area contributed by atoms with E-state index in [1.807, 2.05) is 0 Å². The molecule has 1 aromatic rings. The Hall–Kier alpha value is -2.05. The standard InChI is InChI=1S/C14H20N2O5/c1-2-20-13(19)11-8-21-14(16-11)15-7-9-5-3-4-6-10(9)12(17)18/h8-10H,2-7H2,1H3,(H,15,16)(H,17,18). The van der Waals surface area contributed by atoms with Crippen molar-refractivity contribution in [1.29, 1.82) is 0 Å². The number of rotatable bonds is 6. The van der Waals surface area contributed by atoms with Gasteiger partial charge in [0.2, 0.25) is 0 Å². The molecule has 7 heteroatoms. The fraction of sp³-hybridized carbons (Fsp3) is 0.643. The van der Waals surface area contributed by atoms with Gasteiger partial charge in [-0.05, 0) is 25.7 Å². The lowest BCUT2D eigenvalue weighted by Gasteiger charge is -2.28. The fourth-order valence-electron chi connectivity index (χ4n) is 2.65. The molecule has 0 spiro atoms. The van der Waals surface area contributed by atoms with Crippen molar-refractivity contribution in [3.8, 4) is 0 Å². The third-order valence-corrected chi connectivity index (χ3v) is 3.73. The largest absolute Gasteiger partial charge is 0.481 e. The van der Waals surface area contributed by atoms with Crippen molar-refractivity contribution in [1.82, 2.24) is 4.98 Å². The molecule has 1 aliphatic carbocycles. The number of carboxylic acids is 1. The van der Waals surface area contributed by atoms with Gasteiger partial charge in [-0.15, -0.1) is 0 Å². The van der Waals surface area contributed by atoms with Crippen molar-refractivity contribution in [2.24, 2.45) is 11.8 Å². The van der Waals surface area contributed by atoms with Gasteiger partial charge in [0.05, 0.1) is 12.5 Å². The van der Waals surface area contributed by atoms with Crippen LogP contribution in [0, 0.1) is 11.8 Å². The molecule has 0 saturated heterocycles. The molecule has 2 N–H and O–H groups in total. The smallest absolute Gasteiger partial charge is 0.360 e. The Kier molecular flexibility index (Phi) is 5.19. The number of anilines is 1. The normalized spacial score (nSPS) is 21.8. The summed E-state index contributed by atoms with van der Waals surface area (Å²) in [5.74, 6) is -1.56. The summed E-state index contributed by atoms with van der Waals surface area (Å²) in [6, 6.07) is 0.216. The lowest BCUT2D eigenvalue weighted by atomic mass is 9.79. The number of aliphatic carboxylic acids is 1. The van der Waals surface area contributed by atoms with Gasteiger partial charge in [-0.1, -0.05) is 12.8 Å². The number of esters is 1. The average Bonchev–Trinajstić information content (AvgIpc) is 2.94. The number of hydrogen-bond acceptors (Lipinski definition) is 6. The first-order valence-electron chi connectivity index (χ1n) is 7.21. The zero-order chi connectivity index (χ0) is 15.2. The number of nitrogens with one attached hydrogen (secondary N) is 1. The van der Waals surface area contributed by atoms with Crippen LogP contribution in [0.2, 0.25) is 0 Å². The lowest BCUT2D eigenvalue weighted by molar-refractivity contribution is -0.144. The van der Waals surface area contributed by atoms with E-state index in [2.05, 4.69) is 10.3 Å². The third-order valence-electron chi connectivity index (χ3n) is 3.73. The number of oxazole rings is 1. The molecule has 1 fully saturated rings. The van der Waals surface area contributed by atoms with E-state index in [0.29, 0.717) is 13.0 Å². The molecule has 0 aromatic carbocycles. The molecule has 1 heterocycles. The summed E-state index contributed by atoms with van der Waals surface area (Å²) in [5, 5.41) is 12.2. The van der Waals surface area contributed by atoms with E-state index < -0.39 is 11.9 Å². The first-order valence-corrected chi connectivity index (χ1v) is 7.21. The van der Waals surface area contributed by atoms with Gasteiger partial charge >= 0.3 is 11.9 Å². The van der Waals surface area contributed by atoms with Crippen molar-refractivity contribution in [2.75, 3.05) is 18.5 Å². The molecule has 1 aromatic heterocycles. The number of ether oxygens (including phenoxy) is 1. The van der Waals surface area contributed by atoms with E-state index in [9.17, 15) is 14.7 Å². The minimum Gasteiger partial charge on any atom is -0.481 e. The second-order valence-electron chi connectivity index (χ2n) is 5.13. The number of carboxylic acid groups (broad SMARTS) is 1. The molecule has 0 bridgehead atoms. The molecular weight excluding hydrogens is 276 g/mol. The predicted molar refractivity (Wildman–Crippen MR) is 74.0 cm³/mol. The Labute approximate surface area is 122 Å². The van der Waals surface area contributed by atoms with E-state index in [4.69, 9.17) is 9.15 Å². The van der Waals surface area contributed by atoms with Gasteiger partial charge < -0.3 is 19.6 Å². The minimum absolute atomic E-state index is 0.0502. The van der Waals surface area contributed by atoms with E-state index >= 15 is 0 Å². The van der Waals surface area contributed by atoms with Gasteiger partial charge in [-0.2, -0.15) is 4.98 Å². The summed E-state index contributed by atoms with van der Waals surface area (Å²) < 4.78 is 9.97. The number of aromatic nitrogens is 1. The van der Waals surface area contributed by atoms with Crippen molar-refractivity contribution in [2.45, 2.75) is 32.6 Å². The fourth-order valence-corrected chi connectivity index (χ4v) is 2.65. The van der Waals surface area contributed by atoms with Crippen molar-refractivity contribution in [3.05, 3.63) is 12.0 Å². The molecule has 2 rings (SSSR count). The van der Waals surface area contributed by atoms with Crippen LogP contribution in [-0.4, -0.2) is 35.2 Å². The van der Waals surface area contributed by atoms with E-state index in [1.54, 1.807) is 6.92 Å². The van der Waals surface area contributed by atoms with Crippen LogP contribution >= 0.6 is 0 Å². The van der Waals surface area contributed by atoms with Crippen LogP contribution in [0.3, 0.4) is 0 Å². The molecule has 0 amide bonds. The Morgan fingerprint density at radius 2 is 2.24 bits per heavy atom. The molecular formula is C14H20N2O5. The number of carbonyl (C=O) groups excluding carboxylic acids is 1. The van der Waals surface area contributed by atoms with Gasteiger partial charge in [0.15, 0.2) is 5.69 Å². The second kappa shape index (κ2) is 7.10. The van der Waals surface area contributed by atoms with Gasteiger partial charge in [-0.25, -0.2) is 4.79 Å². The van der Waals surface area contributed by atoms with Crippen LogP contribution in [0.25, 0.3) is 0 Å². The molecule has 0 radical (unpaired) electrons. The van der Waals surface area contributed by atoms with Gasteiger partial charge in [-0.3, -0.25) is 4.79 Å². The van der Waals surface area contributed by atoms with Crippen LogP contribution < -0.4 is 5.32 Å². The molecule has 1 saturated carbocycles. The highest BCUT2D eigenvalue weighted by Crippen LogP contribution is 2.30. The maximum atomic E-state index is 11.5. The molecule has 2 atom stereocenters. The SMILES string of the molecule is CCOC(=O)c1coc(NCC2CCCCC2C(=O)O)n1. The van der Waals surface area contributed by atoms with Crippen molar-refractivity contribution >= 4 is 18.0 Å². The van der Waals surface area contributed by atoms with Crippen molar-refractivity contribution < 1.29 is 23.8 Å². The molecule has 2 unspecified atom stereocenters. The number of nitrogens with zero attached hydrogens (tertiary/aromatic N) is 1. The molecule has 0 aliphatic heterocycles. The quantitative estimate of drug-likeness (QED) is 0.775. The third kappa shape index (κ3) is 3.96. The highest BCUT2D eigenvalue weighted by Gasteiger charge is 2.30. The highest BCUT2D eigenvalue weighted by atomic mass is 16.5. The monoisotopic (exact) mass is 296 g/mol. The van der Waals surface area contributed by atoms with E-state index in [0.717, 1.165) is 19.3 Å². The molecule has 116 valence electrons. The summed E-state index contributed by atoms with van der Waals surface area (Å²) in [4.78, 5) is 26.7. The summed E-state index contributed by atoms with van der Waals surface area (Å²) in [5.41, 5.74) is 0.109. The summed E-state index contributed by atoms with van der Waals surface area (Å²) in [6.45, 7) is 2.46. The van der Waals surface area contributed by atoms with E-state index in [-0.39, 0.29) is 30.2 Å². The molecule has 7 nitrogen and oxygen atoms in total. The second-order valence-corrected chi connectivity index (χ2v) is 5.13. The molecule has 21 heavy (non-hydrogen) atoms. The number of carbonyl (C=O) groups is 2. The van der Waals surface area contributed by atoms with E-state index in [1.165, 1.54) is 6.26 Å². The molecule has 1 aliphatic rings. The summed E-state index contributed by atoms with van der Waals surface area (Å²) >= 11 is 0. The van der Waals surface area contributed by atoms with Gasteiger partial charge in [0.25, 0.3) is 6.01 Å². The Morgan fingerprint density at radius 1 is 1.48 bits per heavy atom. The predicted octanol–water partition coefficient (Wildman–Crippen LogP) is 2.15. The Morgan fingerprint density at radius 3 is 2.95 bits per heavy atom. The first kappa shape index (κ1) is 15.3. The minimum atomic E-state index is -0.749.